The van der Waals surface area contributed by atoms with Crippen molar-refractivity contribution in [2.45, 2.75) is 6.92 Å². The van der Waals surface area contributed by atoms with Crippen LogP contribution >= 0.6 is 0 Å². The number of oxime groups is 1. The SMILES string of the molecule is Cc1cc(C(=O)Nc2ccc(F)cc2/C(N)=N/O)co1. The number of carbonyl (C=O) groups excluding carboxylic acids is 1. The van der Waals surface area contributed by atoms with Crippen molar-refractivity contribution in [2.75, 3.05) is 5.32 Å². The fraction of sp³-hybridized carbons (Fsp3) is 0.0769. The smallest absolute Gasteiger partial charge is 0.258 e. The van der Waals surface area contributed by atoms with E-state index in [1.54, 1.807) is 13.0 Å². The molecule has 0 atom stereocenters. The van der Waals surface area contributed by atoms with Crippen LogP contribution in [0, 0.1) is 12.7 Å². The molecule has 7 heteroatoms. The average Bonchev–Trinajstić information content (AvgIpc) is 2.86. The summed E-state index contributed by atoms with van der Waals surface area (Å²) in [5.41, 5.74) is 6.07. The number of anilines is 1. The number of nitrogens with two attached hydrogens (primary N) is 1. The number of hydrogen-bond donors (Lipinski definition) is 3. The summed E-state index contributed by atoms with van der Waals surface area (Å²) in [4.78, 5) is 12.0. The summed E-state index contributed by atoms with van der Waals surface area (Å²) < 4.78 is 18.2. The highest BCUT2D eigenvalue weighted by atomic mass is 19.1. The summed E-state index contributed by atoms with van der Waals surface area (Å²) in [5.74, 6) is -0.724. The standard InChI is InChI=1S/C13H12FN3O3/c1-7-4-8(6-20-7)13(18)16-11-3-2-9(14)5-10(11)12(15)17-19/h2-6,19H,1H3,(H2,15,17)(H,16,18). The Balaban J connectivity index is 2.32. The monoisotopic (exact) mass is 277 g/mol. The maximum absolute atomic E-state index is 13.2. The first kappa shape index (κ1) is 13.6. The van der Waals surface area contributed by atoms with Crippen molar-refractivity contribution in [2.24, 2.45) is 10.9 Å². The number of nitrogens with zero attached hydrogens (tertiary/aromatic N) is 1. The predicted molar refractivity (Wildman–Crippen MR) is 70.3 cm³/mol. The van der Waals surface area contributed by atoms with Gasteiger partial charge in [0.1, 0.15) is 17.8 Å². The first-order valence-electron chi connectivity index (χ1n) is 5.65. The molecule has 1 heterocycles. The first-order valence-corrected chi connectivity index (χ1v) is 5.65. The van der Waals surface area contributed by atoms with E-state index in [9.17, 15) is 9.18 Å². The van der Waals surface area contributed by atoms with Gasteiger partial charge < -0.3 is 20.7 Å². The highest BCUT2D eigenvalue weighted by Gasteiger charge is 2.14. The lowest BCUT2D eigenvalue weighted by atomic mass is 10.1. The third-order valence-corrected chi connectivity index (χ3v) is 2.61. The molecular formula is C13H12FN3O3. The number of nitrogens with one attached hydrogen (secondary N) is 1. The molecule has 0 aliphatic heterocycles. The van der Waals surface area contributed by atoms with Crippen LogP contribution in [0.4, 0.5) is 10.1 Å². The van der Waals surface area contributed by atoms with Crippen LogP contribution < -0.4 is 11.1 Å². The minimum atomic E-state index is -0.566. The molecule has 0 saturated heterocycles. The van der Waals surface area contributed by atoms with Gasteiger partial charge in [0.15, 0.2) is 5.84 Å². The molecule has 0 fully saturated rings. The Morgan fingerprint density at radius 3 is 2.80 bits per heavy atom. The number of amides is 1. The highest BCUT2D eigenvalue weighted by molar-refractivity contribution is 6.09. The lowest BCUT2D eigenvalue weighted by molar-refractivity contribution is 0.102. The molecule has 1 amide bonds. The van der Waals surface area contributed by atoms with Gasteiger partial charge in [-0.2, -0.15) is 0 Å². The second-order valence-corrected chi connectivity index (χ2v) is 4.08. The van der Waals surface area contributed by atoms with Gasteiger partial charge in [-0.05, 0) is 31.2 Å². The molecule has 1 aromatic heterocycles. The Hall–Kier alpha value is -2.83. The van der Waals surface area contributed by atoms with Gasteiger partial charge in [-0.1, -0.05) is 5.16 Å². The van der Waals surface area contributed by atoms with Crippen LogP contribution in [-0.2, 0) is 0 Å². The van der Waals surface area contributed by atoms with E-state index in [0.717, 1.165) is 12.1 Å². The van der Waals surface area contributed by atoms with E-state index in [0.29, 0.717) is 11.3 Å². The summed E-state index contributed by atoms with van der Waals surface area (Å²) in [6.07, 6.45) is 1.30. The molecule has 6 nitrogen and oxygen atoms in total. The molecule has 4 N–H and O–H groups in total. The lowest BCUT2D eigenvalue weighted by Crippen LogP contribution is -2.19. The molecule has 0 unspecified atom stereocenters. The first-order chi connectivity index (χ1) is 9.51. The van der Waals surface area contributed by atoms with Crippen molar-refractivity contribution < 1.29 is 18.8 Å². The van der Waals surface area contributed by atoms with Gasteiger partial charge in [0, 0.05) is 5.56 Å². The van der Waals surface area contributed by atoms with Gasteiger partial charge in [-0.25, -0.2) is 4.39 Å². The summed E-state index contributed by atoms with van der Waals surface area (Å²) in [6.45, 7) is 1.70. The van der Waals surface area contributed by atoms with Gasteiger partial charge in [-0.15, -0.1) is 0 Å². The highest BCUT2D eigenvalue weighted by Crippen LogP contribution is 2.18. The maximum Gasteiger partial charge on any atom is 0.258 e. The summed E-state index contributed by atoms with van der Waals surface area (Å²) in [7, 11) is 0. The van der Waals surface area contributed by atoms with Crippen LogP contribution in [0.25, 0.3) is 0 Å². The molecule has 0 bridgehead atoms. The van der Waals surface area contributed by atoms with Crippen molar-refractivity contribution in [3.63, 3.8) is 0 Å². The zero-order chi connectivity index (χ0) is 14.7. The van der Waals surface area contributed by atoms with E-state index >= 15 is 0 Å². The fourth-order valence-electron chi connectivity index (χ4n) is 1.65. The Kier molecular flexibility index (Phi) is 3.69. The molecular weight excluding hydrogens is 265 g/mol. The molecule has 0 spiro atoms. The predicted octanol–water partition coefficient (Wildman–Crippen LogP) is 2.07. The van der Waals surface area contributed by atoms with Gasteiger partial charge >= 0.3 is 0 Å². The topological polar surface area (TPSA) is 101 Å². The minimum absolute atomic E-state index is 0.0843. The number of carbonyl (C=O) groups is 1. The summed E-state index contributed by atoms with van der Waals surface area (Å²) >= 11 is 0. The molecule has 1 aromatic carbocycles. The van der Waals surface area contributed by atoms with Gasteiger partial charge in [-0.3, -0.25) is 4.79 Å². The number of benzene rings is 1. The van der Waals surface area contributed by atoms with Crippen molar-refractivity contribution in [3.8, 4) is 0 Å². The van der Waals surface area contributed by atoms with E-state index < -0.39 is 11.7 Å². The van der Waals surface area contributed by atoms with Gasteiger partial charge in [0.25, 0.3) is 5.91 Å². The minimum Gasteiger partial charge on any atom is -0.469 e. The Labute approximate surface area is 113 Å². The van der Waals surface area contributed by atoms with Gasteiger partial charge in [0.05, 0.1) is 11.3 Å². The largest absolute Gasteiger partial charge is 0.469 e. The molecule has 0 aliphatic rings. The Bertz CT molecular complexity index is 679. The van der Waals surface area contributed by atoms with E-state index in [1.165, 1.54) is 12.3 Å². The van der Waals surface area contributed by atoms with Gasteiger partial charge in [0.2, 0.25) is 0 Å². The third-order valence-electron chi connectivity index (χ3n) is 2.61. The summed E-state index contributed by atoms with van der Waals surface area (Å²) in [5, 5.41) is 14.0. The zero-order valence-electron chi connectivity index (χ0n) is 10.6. The van der Waals surface area contributed by atoms with E-state index in [-0.39, 0.29) is 17.1 Å². The quantitative estimate of drug-likeness (QED) is 0.346. The van der Waals surface area contributed by atoms with Crippen molar-refractivity contribution in [1.29, 1.82) is 0 Å². The fourth-order valence-corrected chi connectivity index (χ4v) is 1.65. The van der Waals surface area contributed by atoms with Crippen LogP contribution in [0.5, 0.6) is 0 Å². The third kappa shape index (κ3) is 2.77. The molecule has 0 aliphatic carbocycles. The zero-order valence-corrected chi connectivity index (χ0v) is 10.6. The summed E-state index contributed by atoms with van der Waals surface area (Å²) in [6, 6.07) is 5.10. The Morgan fingerprint density at radius 1 is 1.45 bits per heavy atom. The average molecular weight is 277 g/mol. The number of amidine groups is 1. The van der Waals surface area contributed by atoms with E-state index in [2.05, 4.69) is 10.5 Å². The molecule has 2 rings (SSSR count). The van der Waals surface area contributed by atoms with Crippen molar-refractivity contribution in [3.05, 3.63) is 53.2 Å². The number of halogens is 1. The lowest BCUT2D eigenvalue weighted by Gasteiger charge is -2.09. The maximum atomic E-state index is 13.2. The molecule has 104 valence electrons. The van der Waals surface area contributed by atoms with Crippen LogP contribution in [-0.4, -0.2) is 17.0 Å². The van der Waals surface area contributed by atoms with Crippen LogP contribution in [0.2, 0.25) is 0 Å². The second-order valence-electron chi connectivity index (χ2n) is 4.08. The van der Waals surface area contributed by atoms with Crippen LogP contribution in [0.15, 0.2) is 40.1 Å². The number of furan rings is 1. The molecule has 2 aromatic rings. The number of aryl methyl sites for hydroxylation is 1. The van der Waals surface area contributed by atoms with Crippen molar-refractivity contribution in [1.82, 2.24) is 0 Å². The van der Waals surface area contributed by atoms with Crippen LogP contribution in [0.3, 0.4) is 0 Å². The van der Waals surface area contributed by atoms with E-state index in [4.69, 9.17) is 15.4 Å². The van der Waals surface area contributed by atoms with Crippen LogP contribution in [0.1, 0.15) is 21.7 Å². The molecule has 20 heavy (non-hydrogen) atoms. The molecule has 0 radical (unpaired) electrons. The second kappa shape index (κ2) is 5.43. The van der Waals surface area contributed by atoms with Crippen molar-refractivity contribution >= 4 is 17.4 Å². The Morgan fingerprint density at radius 2 is 2.20 bits per heavy atom. The molecule has 0 saturated carbocycles. The van der Waals surface area contributed by atoms with E-state index in [1.807, 2.05) is 0 Å². The number of hydrogen-bond acceptors (Lipinski definition) is 4. The number of rotatable bonds is 3. The normalized spacial score (nSPS) is 11.4.